The molecule has 114 valence electrons. The first-order valence-corrected chi connectivity index (χ1v) is 8.43. The minimum Gasteiger partial charge on any atom is -0.369 e. The second-order valence-electron chi connectivity index (χ2n) is 4.69. The van der Waals surface area contributed by atoms with Crippen molar-refractivity contribution >= 4 is 29.0 Å². The molecule has 0 spiro atoms. The van der Waals surface area contributed by atoms with E-state index < -0.39 is 0 Å². The molecular formula is C13H18N4O2S2. The Labute approximate surface area is 131 Å². The Balaban J connectivity index is 2.04. The van der Waals surface area contributed by atoms with Crippen LogP contribution in [0, 0.1) is 6.92 Å². The molecule has 2 heterocycles. The Kier molecular flexibility index (Phi) is 5.35. The molecular weight excluding hydrogens is 308 g/mol. The fraction of sp³-hybridized carbons (Fsp3) is 0.538. The Hall–Kier alpha value is -1.41. The molecule has 0 saturated heterocycles. The summed E-state index contributed by atoms with van der Waals surface area (Å²) in [6.45, 7) is 5.96. The molecule has 2 aromatic rings. The molecule has 8 heteroatoms. The van der Waals surface area contributed by atoms with E-state index in [9.17, 15) is 4.79 Å². The van der Waals surface area contributed by atoms with Gasteiger partial charge in [-0.25, -0.2) is 4.98 Å². The maximum atomic E-state index is 11.0. The molecule has 0 aliphatic carbocycles. The Morgan fingerprint density at radius 2 is 2.24 bits per heavy atom. The second kappa shape index (κ2) is 7.04. The number of amides is 1. The lowest BCUT2D eigenvalue weighted by Gasteiger charge is -2.01. The molecule has 0 bridgehead atoms. The average molecular weight is 326 g/mol. The zero-order valence-electron chi connectivity index (χ0n) is 12.3. The van der Waals surface area contributed by atoms with E-state index in [0.29, 0.717) is 5.89 Å². The van der Waals surface area contributed by atoms with Gasteiger partial charge in [0, 0.05) is 11.3 Å². The number of thiazole rings is 1. The number of primary amides is 1. The zero-order valence-corrected chi connectivity index (χ0v) is 13.9. The van der Waals surface area contributed by atoms with Crippen LogP contribution in [0.4, 0.5) is 0 Å². The molecule has 2 aromatic heterocycles. The van der Waals surface area contributed by atoms with Gasteiger partial charge in [0.25, 0.3) is 0 Å². The minimum atomic E-state index is -0.340. The van der Waals surface area contributed by atoms with Crippen molar-refractivity contribution in [3.8, 4) is 0 Å². The van der Waals surface area contributed by atoms with Crippen LogP contribution in [0.15, 0.2) is 8.86 Å². The van der Waals surface area contributed by atoms with Gasteiger partial charge in [0.2, 0.25) is 11.8 Å². The van der Waals surface area contributed by atoms with Gasteiger partial charge in [0.15, 0.2) is 10.2 Å². The smallest absolute Gasteiger partial charge is 0.239 e. The Morgan fingerprint density at radius 1 is 1.48 bits per heavy atom. The number of nitrogens with two attached hydrogens (primary N) is 1. The number of rotatable bonds is 7. The Bertz CT molecular complexity index is 623. The molecule has 6 nitrogen and oxygen atoms in total. The quantitative estimate of drug-likeness (QED) is 0.786. The van der Waals surface area contributed by atoms with Gasteiger partial charge in [0.1, 0.15) is 0 Å². The largest absolute Gasteiger partial charge is 0.369 e. The fourth-order valence-electron chi connectivity index (χ4n) is 1.73. The third-order valence-corrected chi connectivity index (χ3v) is 5.13. The molecule has 0 aliphatic rings. The Morgan fingerprint density at radius 3 is 2.90 bits per heavy atom. The summed E-state index contributed by atoms with van der Waals surface area (Å²) in [4.78, 5) is 20.7. The van der Waals surface area contributed by atoms with Gasteiger partial charge in [-0.15, -0.1) is 11.3 Å². The number of hydrogen-bond acceptors (Lipinski definition) is 7. The topological polar surface area (TPSA) is 94.9 Å². The number of carbonyl (C=O) groups excluding carboxylic acids is 1. The van der Waals surface area contributed by atoms with Gasteiger partial charge in [-0.1, -0.05) is 23.8 Å². The molecule has 0 radical (unpaired) electrons. The maximum absolute atomic E-state index is 11.0. The van der Waals surface area contributed by atoms with Crippen molar-refractivity contribution in [1.82, 2.24) is 15.1 Å². The molecule has 2 N–H and O–H groups in total. The number of nitrogens with zero attached hydrogens (tertiary/aromatic N) is 3. The van der Waals surface area contributed by atoms with E-state index in [-0.39, 0.29) is 17.6 Å². The SMILES string of the molecule is CCCc1noc([C@H](C)Sc2nc(C)c(CC(N)=O)s2)n1. The molecule has 2 rings (SSSR count). The van der Waals surface area contributed by atoms with Crippen LogP contribution in [0.3, 0.4) is 0 Å². The second-order valence-corrected chi connectivity index (χ2v) is 7.36. The van der Waals surface area contributed by atoms with Crippen LogP contribution in [0.2, 0.25) is 0 Å². The van der Waals surface area contributed by atoms with Gasteiger partial charge in [-0.2, -0.15) is 4.98 Å². The summed E-state index contributed by atoms with van der Waals surface area (Å²) in [5, 5.41) is 3.98. The monoisotopic (exact) mass is 326 g/mol. The molecule has 0 saturated carbocycles. The van der Waals surface area contributed by atoms with Crippen LogP contribution in [0.1, 0.15) is 47.8 Å². The summed E-state index contributed by atoms with van der Waals surface area (Å²) in [7, 11) is 0. The number of thioether (sulfide) groups is 1. The maximum Gasteiger partial charge on any atom is 0.239 e. The third-order valence-electron chi connectivity index (χ3n) is 2.79. The lowest BCUT2D eigenvalue weighted by Crippen LogP contribution is -2.13. The van der Waals surface area contributed by atoms with Crippen molar-refractivity contribution in [3.63, 3.8) is 0 Å². The van der Waals surface area contributed by atoms with Crippen LogP contribution in [0.5, 0.6) is 0 Å². The number of hydrogen-bond donors (Lipinski definition) is 1. The van der Waals surface area contributed by atoms with Crippen molar-refractivity contribution in [3.05, 3.63) is 22.3 Å². The van der Waals surface area contributed by atoms with Crippen LogP contribution in [-0.4, -0.2) is 21.0 Å². The van der Waals surface area contributed by atoms with Crippen LogP contribution in [0.25, 0.3) is 0 Å². The van der Waals surface area contributed by atoms with Crippen molar-refractivity contribution < 1.29 is 9.32 Å². The minimum absolute atomic E-state index is 0.0232. The molecule has 1 atom stereocenters. The predicted octanol–water partition coefficient (Wildman–Crippen LogP) is 2.67. The molecule has 21 heavy (non-hydrogen) atoms. The molecule has 0 aromatic carbocycles. The van der Waals surface area contributed by atoms with Crippen LogP contribution < -0.4 is 5.73 Å². The van der Waals surface area contributed by atoms with E-state index in [1.54, 1.807) is 11.8 Å². The third kappa shape index (κ3) is 4.28. The number of aromatic nitrogens is 3. The molecule has 0 fully saturated rings. The number of carbonyl (C=O) groups is 1. The summed E-state index contributed by atoms with van der Waals surface area (Å²) < 4.78 is 6.15. The molecule has 0 unspecified atom stereocenters. The normalized spacial score (nSPS) is 12.5. The van der Waals surface area contributed by atoms with Crippen LogP contribution in [-0.2, 0) is 17.6 Å². The summed E-state index contributed by atoms with van der Waals surface area (Å²) in [6, 6.07) is 0. The van der Waals surface area contributed by atoms with E-state index in [4.69, 9.17) is 10.3 Å². The summed E-state index contributed by atoms with van der Waals surface area (Å²) in [5.41, 5.74) is 6.08. The van der Waals surface area contributed by atoms with E-state index in [2.05, 4.69) is 22.0 Å². The number of aryl methyl sites for hydroxylation is 2. The summed E-state index contributed by atoms with van der Waals surface area (Å²) >= 11 is 3.04. The van der Waals surface area contributed by atoms with E-state index in [1.165, 1.54) is 11.3 Å². The highest BCUT2D eigenvalue weighted by Gasteiger charge is 2.18. The van der Waals surface area contributed by atoms with Crippen molar-refractivity contribution in [2.75, 3.05) is 0 Å². The molecule has 1 amide bonds. The predicted molar refractivity (Wildman–Crippen MR) is 82.3 cm³/mol. The first-order valence-electron chi connectivity index (χ1n) is 6.73. The van der Waals surface area contributed by atoms with Gasteiger partial charge in [0.05, 0.1) is 17.4 Å². The average Bonchev–Trinajstić information content (AvgIpc) is 2.98. The zero-order chi connectivity index (χ0) is 15.4. The highest BCUT2D eigenvalue weighted by Crippen LogP contribution is 2.37. The highest BCUT2D eigenvalue weighted by molar-refractivity contribution is 8.01. The standard InChI is InChI=1S/C13H18N4O2S2/c1-4-5-11-16-12(19-17-11)8(3)20-13-15-7(2)9(21-13)6-10(14)18/h8H,4-6H2,1-3H3,(H2,14,18)/t8-/m0/s1. The van der Waals surface area contributed by atoms with Gasteiger partial charge in [-0.3, -0.25) is 4.79 Å². The van der Waals surface area contributed by atoms with Crippen molar-refractivity contribution in [1.29, 1.82) is 0 Å². The van der Waals surface area contributed by atoms with E-state index in [0.717, 1.165) is 33.6 Å². The van der Waals surface area contributed by atoms with E-state index in [1.807, 2.05) is 13.8 Å². The van der Waals surface area contributed by atoms with E-state index >= 15 is 0 Å². The fourth-order valence-corrected chi connectivity index (χ4v) is 4.15. The summed E-state index contributed by atoms with van der Waals surface area (Å²) in [6.07, 6.45) is 2.04. The lowest BCUT2D eigenvalue weighted by molar-refractivity contribution is -0.117. The highest BCUT2D eigenvalue weighted by atomic mass is 32.2. The van der Waals surface area contributed by atoms with Crippen molar-refractivity contribution in [2.24, 2.45) is 5.73 Å². The van der Waals surface area contributed by atoms with Gasteiger partial charge >= 0.3 is 0 Å². The first kappa shape index (κ1) is 16.0. The van der Waals surface area contributed by atoms with Gasteiger partial charge in [-0.05, 0) is 20.3 Å². The van der Waals surface area contributed by atoms with Crippen molar-refractivity contribution in [2.45, 2.75) is 49.6 Å². The molecule has 0 aliphatic heterocycles. The first-order chi connectivity index (χ1) is 9.99. The van der Waals surface area contributed by atoms with Crippen LogP contribution >= 0.6 is 23.1 Å². The van der Waals surface area contributed by atoms with Gasteiger partial charge < -0.3 is 10.3 Å². The summed E-state index contributed by atoms with van der Waals surface area (Å²) in [5.74, 6) is 1.00. The lowest BCUT2D eigenvalue weighted by atomic mass is 10.3.